The van der Waals surface area contributed by atoms with Gasteiger partial charge >= 0.3 is 0 Å². The van der Waals surface area contributed by atoms with Gasteiger partial charge in [-0.3, -0.25) is 14.0 Å². The number of hydrazone groups is 1. The van der Waals surface area contributed by atoms with E-state index in [4.69, 9.17) is 0 Å². The molecule has 0 spiro atoms. The number of piperidine rings is 1. The predicted octanol–water partition coefficient (Wildman–Crippen LogP) is 4.27. The van der Waals surface area contributed by atoms with Gasteiger partial charge in [0.2, 0.25) is 0 Å². The SMILES string of the molecule is Cc1ccc(S(=O)(=O)N(CC(=O)NN=C2CCN(Cc3ccccc3)CC2)c2ccccc2C)cc1. The van der Waals surface area contributed by atoms with Crippen LogP contribution in [0.5, 0.6) is 0 Å². The maximum absolute atomic E-state index is 13.5. The van der Waals surface area contributed by atoms with Gasteiger partial charge in [-0.15, -0.1) is 0 Å². The Kier molecular flexibility index (Phi) is 8.18. The quantitative estimate of drug-likeness (QED) is 0.465. The van der Waals surface area contributed by atoms with E-state index in [1.165, 1.54) is 5.56 Å². The van der Waals surface area contributed by atoms with E-state index in [-0.39, 0.29) is 11.4 Å². The molecule has 3 aromatic rings. The van der Waals surface area contributed by atoms with Gasteiger partial charge in [-0.1, -0.05) is 66.2 Å². The van der Waals surface area contributed by atoms with Crippen LogP contribution in [0.15, 0.2) is 88.9 Å². The number of nitrogens with one attached hydrogen (secondary N) is 1. The molecule has 1 aliphatic rings. The maximum Gasteiger partial charge on any atom is 0.264 e. The van der Waals surface area contributed by atoms with Crippen LogP contribution < -0.4 is 9.73 Å². The summed E-state index contributed by atoms with van der Waals surface area (Å²) in [6.07, 6.45) is 1.52. The summed E-state index contributed by atoms with van der Waals surface area (Å²) in [5.74, 6) is -0.479. The summed E-state index contributed by atoms with van der Waals surface area (Å²) in [6.45, 7) is 5.98. The second-order valence-corrected chi connectivity index (χ2v) is 10.9. The van der Waals surface area contributed by atoms with E-state index < -0.39 is 15.9 Å². The number of hydrogen-bond acceptors (Lipinski definition) is 5. The number of benzene rings is 3. The summed E-state index contributed by atoms with van der Waals surface area (Å²) in [7, 11) is -3.95. The van der Waals surface area contributed by atoms with Gasteiger partial charge in [0.25, 0.3) is 15.9 Å². The first-order chi connectivity index (χ1) is 17.3. The van der Waals surface area contributed by atoms with E-state index in [9.17, 15) is 13.2 Å². The molecule has 1 saturated heterocycles. The number of aryl methyl sites for hydroxylation is 2. The van der Waals surface area contributed by atoms with Crippen molar-refractivity contribution in [3.05, 3.63) is 95.6 Å². The Bertz CT molecular complexity index is 1310. The zero-order valence-corrected chi connectivity index (χ0v) is 21.5. The molecule has 1 amide bonds. The van der Waals surface area contributed by atoms with Crippen LogP contribution in [0, 0.1) is 13.8 Å². The van der Waals surface area contributed by atoms with E-state index in [0.717, 1.165) is 53.6 Å². The first-order valence-electron chi connectivity index (χ1n) is 12.1. The third-order valence-electron chi connectivity index (χ3n) is 6.30. The fourth-order valence-electron chi connectivity index (χ4n) is 4.21. The van der Waals surface area contributed by atoms with Crippen molar-refractivity contribution in [1.82, 2.24) is 10.3 Å². The second kappa shape index (κ2) is 11.5. The zero-order valence-electron chi connectivity index (χ0n) is 20.7. The van der Waals surface area contributed by atoms with Crippen molar-refractivity contribution >= 4 is 27.3 Å². The lowest BCUT2D eigenvalue weighted by atomic mass is 10.1. The number of sulfonamides is 1. The minimum atomic E-state index is -3.95. The average Bonchev–Trinajstić information content (AvgIpc) is 2.88. The monoisotopic (exact) mass is 504 g/mol. The Morgan fingerprint density at radius 3 is 2.22 bits per heavy atom. The summed E-state index contributed by atoms with van der Waals surface area (Å²) < 4.78 is 28.2. The Labute approximate surface area is 213 Å². The highest BCUT2D eigenvalue weighted by molar-refractivity contribution is 7.92. The van der Waals surface area contributed by atoms with Gasteiger partial charge in [0.05, 0.1) is 10.6 Å². The molecular formula is C28H32N4O3S. The maximum atomic E-state index is 13.5. The van der Waals surface area contributed by atoms with Crippen LogP contribution in [-0.4, -0.2) is 44.6 Å². The molecule has 0 unspecified atom stereocenters. The molecule has 7 nitrogen and oxygen atoms in total. The van der Waals surface area contributed by atoms with Crippen LogP contribution in [0.4, 0.5) is 5.69 Å². The summed E-state index contributed by atoms with van der Waals surface area (Å²) in [5, 5.41) is 4.33. The van der Waals surface area contributed by atoms with Crippen molar-refractivity contribution in [3.63, 3.8) is 0 Å². The number of carbonyl (C=O) groups excluding carboxylic acids is 1. The third-order valence-corrected chi connectivity index (χ3v) is 8.08. The molecular weight excluding hydrogens is 472 g/mol. The van der Waals surface area contributed by atoms with Crippen molar-refractivity contribution < 1.29 is 13.2 Å². The summed E-state index contributed by atoms with van der Waals surface area (Å²) in [6, 6.07) is 24.1. The summed E-state index contributed by atoms with van der Waals surface area (Å²) in [4.78, 5) is 15.4. The first kappa shape index (κ1) is 25.6. The summed E-state index contributed by atoms with van der Waals surface area (Å²) in [5.41, 5.74) is 6.97. The molecule has 1 aliphatic heterocycles. The van der Waals surface area contributed by atoms with E-state index in [1.54, 1.807) is 36.4 Å². The van der Waals surface area contributed by atoms with Crippen LogP contribution in [0.25, 0.3) is 0 Å². The molecule has 1 fully saturated rings. The molecule has 0 atom stereocenters. The molecule has 8 heteroatoms. The number of hydrogen-bond donors (Lipinski definition) is 1. The highest BCUT2D eigenvalue weighted by Gasteiger charge is 2.28. The van der Waals surface area contributed by atoms with Crippen LogP contribution in [0.3, 0.4) is 0 Å². The molecule has 36 heavy (non-hydrogen) atoms. The smallest absolute Gasteiger partial charge is 0.264 e. The van der Waals surface area contributed by atoms with Crippen molar-refractivity contribution in [2.45, 2.75) is 38.1 Å². The molecule has 0 saturated carbocycles. The van der Waals surface area contributed by atoms with Gasteiger partial charge in [-0.05, 0) is 43.2 Å². The largest absolute Gasteiger partial charge is 0.298 e. The molecule has 0 bridgehead atoms. The molecule has 1 heterocycles. The lowest BCUT2D eigenvalue weighted by Gasteiger charge is -2.27. The molecule has 0 aromatic heterocycles. The Morgan fingerprint density at radius 2 is 1.56 bits per heavy atom. The topological polar surface area (TPSA) is 82.1 Å². The van der Waals surface area contributed by atoms with Crippen LogP contribution >= 0.6 is 0 Å². The highest BCUT2D eigenvalue weighted by Crippen LogP contribution is 2.26. The summed E-state index contributed by atoms with van der Waals surface area (Å²) >= 11 is 0. The number of para-hydroxylation sites is 1. The highest BCUT2D eigenvalue weighted by atomic mass is 32.2. The van der Waals surface area contributed by atoms with Crippen molar-refractivity contribution in [1.29, 1.82) is 0 Å². The van der Waals surface area contributed by atoms with Crippen molar-refractivity contribution in [3.8, 4) is 0 Å². The Morgan fingerprint density at radius 1 is 0.917 bits per heavy atom. The number of rotatable bonds is 8. The minimum Gasteiger partial charge on any atom is -0.298 e. The number of amides is 1. The van der Waals surface area contributed by atoms with Gasteiger partial charge in [0.1, 0.15) is 6.54 Å². The lowest BCUT2D eigenvalue weighted by Crippen LogP contribution is -2.40. The van der Waals surface area contributed by atoms with Gasteiger partial charge in [0, 0.05) is 38.2 Å². The minimum absolute atomic E-state index is 0.140. The molecule has 1 N–H and O–H groups in total. The lowest BCUT2D eigenvalue weighted by molar-refractivity contribution is -0.119. The van der Waals surface area contributed by atoms with Gasteiger partial charge in [-0.2, -0.15) is 5.10 Å². The fraction of sp³-hybridized carbons (Fsp3) is 0.286. The molecule has 0 aliphatic carbocycles. The molecule has 3 aromatic carbocycles. The number of likely N-dealkylation sites (tertiary alicyclic amines) is 1. The van der Waals surface area contributed by atoms with E-state index in [2.05, 4.69) is 27.6 Å². The number of nitrogens with zero attached hydrogens (tertiary/aromatic N) is 3. The standard InChI is InChI=1S/C28H32N4O3S/c1-22-12-14-26(15-13-22)36(34,35)32(27-11-7-6-8-23(27)2)21-28(33)30-29-25-16-18-31(19-17-25)20-24-9-4-3-5-10-24/h3-15H,16-21H2,1-2H3,(H,30,33). The normalized spacial score (nSPS) is 14.3. The molecule has 0 radical (unpaired) electrons. The van der Waals surface area contributed by atoms with Crippen LogP contribution in [0.2, 0.25) is 0 Å². The van der Waals surface area contributed by atoms with Crippen molar-refractivity contribution in [2.75, 3.05) is 23.9 Å². The fourth-order valence-corrected chi connectivity index (χ4v) is 5.70. The Hall–Kier alpha value is -3.49. The van der Waals surface area contributed by atoms with Crippen LogP contribution in [-0.2, 0) is 21.4 Å². The Balaban J connectivity index is 1.43. The average molecular weight is 505 g/mol. The van der Waals surface area contributed by atoms with Gasteiger partial charge in [0.15, 0.2) is 0 Å². The van der Waals surface area contributed by atoms with Gasteiger partial charge in [-0.25, -0.2) is 13.8 Å². The number of carbonyl (C=O) groups is 1. The zero-order chi connectivity index (χ0) is 25.5. The second-order valence-electron chi connectivity index (χ2n) is 9.09. The number of anilines is 1. The van der Waals surface area contributed by atoms with Gasteiger partial charge < -0.3 is 0 Å². The molecule has 188 valence electrons. The third kappa shape index (κ3) is 6.38. The van der Waals surface area contributed by atoms with Crippen LogP contribution in [0.1, 0.15) is 29.5 Å². The predicted molar refractivity (Wildman–Crippen MR) is 143 cm³/mol. The van der Waals surface area contributed by atoms with E-state index in [0.29, 0.717) is 5.69 Å². The van der Waals surface area contributed by atoms with E-state index in [1.807, 2.05) is 44.2 Å². The van der Waals surface area contributed by atoms with Crippen molar-refractivity contribution in [2.24, 2.45) is 5.10 Å². The van der Waals surface area contributed by atoms with E-state index >= 15 is 0 Å². The molecule has 4 rings (SSSR count). The first-order valence-corrected chi connectivity index (χ1v) is 13.5.